The zero-order valence-corrected chi connectivity index (χ0v) is 16.7. The van der Waals surface area contributed by atoms with Gasteiger partial charge in [-0.25, -0.2) is 0 Å². The first-order valence-electron chi connectivity index (χ1n) is 10.2. The van der Waals surface area contributed by atoms with E-state index in [9.17, 15) is 0 Å². The maximum absolute atomic E-state index is 5.57. The van der Waals surface area contributed by atoms with E-state index in [2.05, 4.69) is 43.4 Å². The van der Waals surface area contributed by atoms with Crippen molar-refractivity contribution in [2.24, 2.45) is 5.92 Å². The number of rotatable bonds is 9. The molecule has 5 heteroatoms. The van der Waals surface area contributed by atoms with Crippen LogP contribution in [0.2, 0.25) is 0 Å². The van der Waals surface area contributed by atoms with Gasteiger partial charge in [-0.15, -0.1) is 0 Å². The molecule has 2 aromatic rings. The highest BCUT2D eigenvalue weighted by molar-refractivity contribution is 5.46. The molecule has 4 rings (SSSR count). The van der Waals surface area contributed by atoms with Crippen molar-refractivity contribution < 1.29 is 18.9 Å². The SMILES string of the molecule is CC(C)CCC(CCNCc1ccc2c(c1)OCO2)c1ccc2c(c1)OCO2. The Balaban J connectivity index is 1.33. The molecule has 0 radical (unpaired) electrons. The van der Waals surface area contributed by atoms with Gasteiger partial charge in [0.05, 0.1) is 0 Å². The van der Waals surface area contributed by atoms with Gasteiger partial charge in [-0.2, -0.15) is 0 Å². The van der Waals surface area contributed by atoms with Crippen molar-refractivity contribution in [2.75, 3.05) is 20.1 Å². The molecule has 0 fully saturated rings. The van der Waals surface area contributed by atoms with E-state index in [0.29, 0.717) is 25.4 Å². The highest BCUT2D eigenvalue weighted by atomic mass is 16.7. The molecule has 2 aromatic carbocycles. The Morgan fingerprint density at radius 1 is 0.786 bits per heavy atom. The smallest absolute Gasteiger partial charge is 0.231 e. The summed E-state index contributed by atoms with van der Waals surface area (Å²) in [5.41, 5.74) is 2.56. The van der Waals surface area contributed by atoms with Crippen molar-refractivity contribution in [1.82, 2.24) is 5.32 Å². The summed E-state index contributed by atoms with van der Waals surface area (Å²) in [6, 6.07) is 12.5. The topological polar surface area (TPSA) is 49.0 Å². The second kappa shape index (κ2) is 8.74. The van der Waals surface area contributed by atoms with Crippen molar-refractivity contribution in [3.63, 3.8) is 0 Å². The molecule has 0 aromatic heterocycles. The second-order valence-electron chi connectivity index (χ2n) is 7.93. The molecule has 0 aliphatic carbocycles. The second-order valence-corrected chi connectivity index (χ2v) is 7.93. The third kappa shape index (κ3) is 4.53. The molecule has 0 saturated heterocycles. The minimum Gasteiger partial charge on any atom is -0.454 e. The Bertz CT molecular complexity index is 805. The average Bonchev–Trinajstić information content (AvgIpc) is 3.35. The first-order valence-corrected chi connectivity index (χ1v) is 10.2. The van der Waals surface area contributed by atoms with E-state index < -0.39 is 0 Å². The number of benzene rings is 2. The predicted octanol–water partition coefficient (Wildman–Crippen LogP) is 4.84. The minimum absolute atomic E-state index is 0.319. The molecule has 2 aliphatic rings. The van der Waals surface area contributed by atoms with Crippen LogP contribution in [0.4, 0.5) is 0 Å². The van der Waals surface area contributed by atoms with Gasteiger partial charge < -0.3 is 24.3 Å². The number of hydrogen-bond acceptors (Lipinski definition) is 5. The van der Waals surface area contributed by atoms with Crippen LogP contribution in [-0.4, -0.2) is 20.1 Å². The lowest BCUT2D eigenvalue weighted by Crippen LogP contribution is -2.17. The van der Waals surface area contributed by atoms with Crippen LogP contribution in [0.25, 0.3) is 0 Å². The van der Waals surface area contributed by atoms with Gasteiger partial charge in [0, 0.05) is 6.54 Å². The lowest BCUT2D eigenvalue weighted by Gasteiger charge is -2.19. The number of fused-ring (bicyclic) bond motifs is 2. The number of nitrogens with one attached hydrogen (secondary N) is 1. The van der Waals surface area contributed by atoms with E-state index in [1.165, 1.54) is 24.0 Å². The van der Waals surface area contributed by atoms with Gasteiger partial charge in [0.15, 0.2) is 23.0 Å². The quantitative estimate of drug-likeness (QED) is 0.628. The number of ether oxygens (including phenoxy) is 4. The molecule has 0 bridgehead atoms. The number of hydrogen-bond donors (Lipinski definition) is 1. The van der Waals surface area contributed by atoms with E-state index in [1.807, 2.05) is 12.1 Å². The van der Waals surface area contributed by atoms with Crippen molar-refractivity contribution >= 4 is 0 Å². The third-order valence-electron chi connectivity index (χ3n) is 5.40. The van der Waals surface area contributed by atoms with Gasteiger partial charge >= 0.3 is 0 Å². The van der Waals surface area contributed by atoms with E-state index in [-0.39, 0.29) is 0 Å². The van der Waals surface area contributed by atoms with Crippen LogP contribution >= 0.6 is 0 Å². The van der Waals surface area contributed by atoms with Gasteiger partial charge in [0.25, 0.3) is 0 Å². The van der Waals surface area contributed by atoms with Crippen LogP contribution in [0, 0.1) is 5.92 Å². The molecule has 0 saturated carbocycles. The van der Waals surface area contributed by atoms with Gasteiger partial charge in [-0.05, 0) is 66.6 Å². The van der Waals surface area contributed by atoms with Crippen molar-refractivity contribution in [3.05, 3.63) is 47.5 Å². The van der Waals surface area contributed by atoms with Crippen LogP contribution in [0.3, 0.4) is 0 Å². The summed E-state index contributed by atoms with van der Waals surface area (Å²) >= 11 is 0. The predicted molar refractivity (Wildman–Crippen MR) is 108 cm³/mol. The fraction of sp³-hybridized carbons (Fsp3) is 0.478. The standard InChI is InChI=1S/C23H29NO4/c1-16(2)3-5-18(19-6-8-21-23(12-19)28-15-26-21)9-10-24-13-17-4-7-20-22(11-17)27-14-25-20/h4,6-8,11-12,16,18,24H,3,5,9-10,13-15H2,1-2H3. The summed E-state index contributed by atoms with van der Waals surface area (Å²) in [6.45, 7) is 7.01. The molecule has 0 spiro atoms. The zero-order valence-electron chi connectivity index (χ0n) is 16.7. The normalized spacial score (nSPS) is 15.2. The maximum atomic E-state index is 5.57. The van der Waals surface area contributed by atoms with Gasteiger partial charge in [0.1, 0.15) is 0 Å². The Morgan fingerprint density at radius 2 is 1.46 bits per heavy atom. The van der Waals surface area contributed by atoms with Crippen LogP contribution in [0.5, 0.6) is 23.0 Å². The molecule has 5 nitrogen and oxygen atoms in total. The van der Waals surface area contributed by atoms with Crippen molar-refractivity contribution in [2.45, 2.75) is 45.6 Å². The van der Waals surface area contributed by atoms with Crippen LogP contribution in [0.15, 0.2) is 36.4 Å². The summed E-state index contributed by atoms with van der Waals surface area (Å²) in [4.78, 5) is 0. The molecular formula is C23H29NO4. The Labute approximate surface area is 166 Å². The molecule has 150 valence electrons. The van der Waals surface area contributed by atoms with E-state index in [1.54, 1.807) is 0 Å². The van der Waals surface area contributed by atoms with Crippen LogP contribution in [-0.2, 0) is 6.54 Å². The molecule has 2 heterocycles. The average molecular weight is 383 g/mol. The molecule has 2 aliphatic heterocycles. The molecule has 1 atom stereocenters. The lowest BCUT2D eigenvalue weighted by atomic mass is 9.88. The molecule has 1 N–H and O–H groups in total. The van der Waals surface area contributed by atoms with Gasteiger partial charge in [0.2, 0.25) is 13.6 Å². The first kappa shape index (κ1) is 18.9. The largest absolute Gasteiger partial charge is 0.454 e. The maximum Gasteiger partial charge on any atom is 0.231 e. The summed E-state index contributed by atoms with van der Waals surface area (Å²) in [6.07, 6.45) is 3.50. The van der Waals surface area contributed by atoms with Crippen molar-refractivity contribution in [1.29, 1.82) is 0 Å². The van der Waals surface area contributed by atoms with Crippen molar-refractivity contribution in [3.8, 4) is 23.0 Å². The molecule has 0 amide bonds. The summed E-state index contributed by atoms with van der Waals surface area (Å²) in [7, 11) is 0. The third-order valence-corrected chi connectivity index (χ3v) is 5.40. The van der Waals surface area contributed by atoms with E-state index in [0.717, 1.165) is 42.5 Å². The fourth-order valence-electron chi connectivity index (χ4n) is 3.74. The minimum atomic E-state index is 0.319. The Kier molecular flexibility index (Phi) is 5.91. The lowest BCUT2D eigenvalue weighted by molar-refractivity contribution is 0.173. The Morgan fingerprint density at radius 3 is 2.21 bits per heavy atom. The highest BCUT2D eigenvalue weighted by Crippen LogP contribution is 2.37. The molecule has 28 heavy (non-hydrogen) atoms. The molecular weight excluding hydrogens is 354 g/mol. The molecule has 1 unspecified atom stereocenters. The van der Waals surface area contributed by atoms with E-state index in [4.69, 9.17) is 18.9 Å². The van der Waals surface area contributed by atoms with Crippen LogP contribution < -0.4 is 24.3 Å². The van der Waals surface area contributed by atoms with E-state index >= 15 is 0 Å². The highest BCUT2D eigenvalue weighted by Gasteiger charge is 2.18. The van der Waals surface area contributed by atoms with Crippen LogP contribution in [0.1, 0.15) is 50.2 Å². The summed E-state index contributed by atoms with van der Waals surface area (Å²) in [5, 5.41) is 3.58. The Hall–Kier alpha value is -2.40. The van der Waals surface area contributed by atoms with Gasteiger partial charge in [-0.3, -0.25) is 0 Å². The van der Waals surface area contributed by atoms with Gasteiger partial charge in [-0.1, -0.05) is 32.4 Å². The zero-order chi connectivity index (χ0) is 19.3. The monoisotopic (exact) mass is 383 g/mol. The summed E-state index contributed by atoms with van der Waals surface area (Å²) in [5.74, 6) is 4.63. The first-order chi connectivity index (χ1) is 13.7. The summed E-state index contributed by atoms with van der Waals surface area (Å²) < 4.78 is 21.9. The fourth-order valence-corrected chi connectivity index (χ4v) is 3.74.